The van der Waals surface area contributed by atoms with Gasteiger partial charge in [0.1, 0.15) is 5.82 Å². The Morgan fingerprint density at radius 2 is 1.75 bits per heavy atom. The van der Waals surface area contributed by atoms with Gasteiger partial charge in [0.15, 0.2) is 0 Å². The van der Waals surface area contributed by atoms with Crippen LogP contribution < -0.4 is 0 Å². The van der Waals surface area contributed by atoms with Crippen LogP contribution in [0.15, 0.2) is 36.7 Å². The lowest BCUT2D eigenvalue weighted by molar-refractivity contribution is 0.0652. The topological polar surface area (TPSA) is 55.2 Å². The Hall–Kier alpha value is -2.43. The number of hydrogen-bond acceptors (Lipinski definition) is 3. The fraction of sp³-hybridized carbons (Fsp3) is 0.267. The summed E-state index contributed by atoms with van der Waals surface area (Å²) in [6.45, 7) is 0.430. The highest BCUT2D eigenvalue weighted by Gasteiger charge is 2.34. The molecule has 3 rings (SSSR count). The van der Waals surface area contributed by atoms with Crippen LogP contribution in [0.1, 0.15) is 33.0 Å². The number of aryl methyl sites for hydroxylation is 2. The Morgan fingerprint density at radius 3 is 2.30 bits per heavy atom. The number of imidazole rings is 1. The number of benzene rings is 1. The zero-order valence-corrected chi connectivity index (χ0v) is 11.2. The first-order valence-electron chi connectivity index (χ1n) is 6.60. The maximum absolute atomic E-state index is 12.2. The van der Waals surface area contributed by atoms with Crippen molar-refractivity contribution in [1.29, 1.82) is 0 Å². The quantitative estimate of drug-likeness (QED) is 0.793. The van der Waals surface area contributed by atoms with Crippen molar-refractivity contribution in [3.63, 3.8) is 0 Å². The predicted octanol–water partition coefficient (Wildman–Crippen LogP) is 1.65. The van der Waals surface area contributed by atoms with Crippen LogP contribution in [0.25, 0.3) is 0 Å². The molecule has 0 fully saturated rings. The van der Waals surface area contributed by atoms with Gasteiger partial charge in [0.25, 0.3) is 11.8 Å². The van der Waals surface area contributed by atoms with E-state index in [0.717, 1.165) is 18.7 Å². The van der Waals surface area contributed by atoms with Crippen LogP contribution in [0.2, 0.25) is 0 Å². The Bertz CT molecular complexity index is 640. The van der Waals surface area contributed by atoms with E-state index < -0.39 is 0 Å². The predicted molar refractivity (Wildman–Crippen MR) is 73.3 cm³/mol. The summed E-state index contributed by atoms with van der Waals surface area (Å²) < 4.78 is 1.95. The third kappa shape index (κ3) is 2.01. The zero-order chi connectivity index (χ0) is 14.1. The highest BCUT2D eigenvalue weighted by molar-refractivity contribution is 6.21. The molecular weight excluding hydrogens is 254 g/mol. The van der Waals surface area contributed by atoms with Crippen LogP contribution in [0, 0.1) is 0 Å². The molecule has 0 atom stereocenters. The van der Waals surface area contributed by atoms with Gasteiger partial charge in [-0.1, -0.05) is 12.1 Å². The molecule has 2 heterocycles. The van der Waals surface area contributed by atoms with Crippen molar-refractivity contribution >= 4 is 11.8 Å². The molecule has 102 valence electrons. The fourth-order valence-corrected chi connectivity index (χ4v) is 2.47. The van der Waals surface area contributed by atoms with E-state index in [1.807, 2.05) is 17.8 Å². The van der Waals surface area contributed by atoms with E-state index in [1.165, 1.54) is 4.90 Å². The fourth-order valence-electron chi connectivity index (χ4n) is 2.47. The lowest BCUT2D eigenvalue weighted by atomic mass is 10.1. The molecule has 1 aromatic heterocycles. The minimum Gasteiger partial charge on any atom is -0.338 e. The first kappa shape index (κ1) is 12.6. The second-order valence-electron chi connectivity index (χ2n) is 4.87. The van der Waals surface area contributed by atoms with E-state index in [1.54, 1.807) is 30.5 Å². The summed E-state index contributed by atoms with van der Waals surface area (Å²) in [5.74, 6) is 0.581. The molecule has 0 bridgehead atoms. The number of imide groups is 1. The first-order valence-corrected chi connectivity index (χ1v) is 6.60. The molecule has 20 heavy (non-hydrogen) atoms. The number of aromatic nitrogens is 2. The van der Waals surface area contributed by atoms with Gasteiger partial charge in [-0.05, 0) is 18.6 Å². The number of amides is 2. The smallest absolute Gasteiger partial charge is 0.261 e. The van der Waals surface area contributed by atoms with Gasteiger partial charge in [-0.3, -0.25) is 14.5 Å². The largest absolute Gasteiger partial charge is 0.338 e. The lowest BCUT2D eigenvalue weighted by Gasteiger charge is -2.13. The maximum Gasteiger partial charge on any atom is 0.261 e. The van der Waals surface area contributed by atoms with Gasteiger partial charge in [0, 0.05) is 32.4 Å². The lowest BCUT2D eigenvalue weighted by Crippen LogP contribution is -2.31. The molecule has 0 spiro atoms. The Morgan fingerprint density at radius 1 is 1.10 bits per heavy atom. The number of nitrogens with zero attached hydrogens (tertiary/aromatic N) is 3. The van der Waals surface area contributed by atoms with Crippen molar-refractivity contribution < 1.29 is 9.59 Å². The molecule has 2 aromatic rings. The average Bonchev–Trinajstić information content (AvgIpc) is 2.97. The number of rotatable bonds is 4. The molecule has 1 aliphatic heterocycles. The summed E-state index contributed by atoms with van der Waals surface area (Å²) in [6.07, 6.45) is 5.10. The summed E-state index contributed by atoms with van der Waals surface area (Å²) in [5.41, 5.74) is 1.02. The normalized spacial score (nSPS) is 13.9. The number of fused-ring (bicyclic) bond motifs is 1. The van der Waals surface area contributed by atoms with E-state index >= 15 is 0 Å². The van der Waals surface area contributed by atoms with Crippen LogP contribution in [0.5, 0.6) is 0 Å². The van der Waals surface area contributed by atoms with E-state index in [9.17, 15) is 9.59 Å². The molecule has 2 amide bonds. The molecular formula is C15H15N3O2. The summed E-state index contributed by atoms with van der Waals surface area (Å²) in [4.78, 5) is 29.9. The van der Waals surface area contributed by atoms with Gasteiger partial charge in [0.05, 0.1) is 11.1 Å². The van der Waals surface area contributed by atoms with Crippen molar-refractivity contribution in [2.75, 3.05) is 6.54 Å². The van der Waals surface area contributed by atoms with Gasteiger partial charge in [-0.2, -0.15) is 0 Å². The highest BCUT2D eigenvalue weighted by atomic mass is 16.2. The molecule has 5 heteroatoms. The molecule has 0 aliphatic carbocycles. The Labute approximate surface area is 116 Å². The summed E-state index contributed by atoms with van der Waals surface area (Å²) in [7, 11) is 1.93. The second-order valence-corrected chi connectivity index (χ2v) is 4.87. The maximum atomic E-state index is 12.2. The van der Waals surface area contributed by atoms with E-state index in [2.05, 4.69) is 4.98 Å². The van der Waals surface area contributed by atoms with Crippen LogP contribution in [-0.2, 0) is 13.5 Å². The minimum atomic E-state index is -0.189. The third-order valence-corrected chi connectivity index (χ3v) is 3.58. The zero-order valence-electron chi connectivity index (χ0n) is 11.2. The molecule has 0 unspecified atom stereocenters. The average molecular weight is 269 g/mol. The monoisotopic (exact) mass is 269 g/mol. The van der Waals surface area contributed by atoms with Gasteiger partial charge >= 0.3 is 0 Å². The summed E-state index contributed by atoms with van der Waals surface area (Å²) >= 11 is 0. The number of hydrogen-bond donors (Lipinski definition) is 0. The number of carbonyl (C=O) groups is 2. The van der Waals surface area contributed by atoms with Crippen LogP contribution in [-0.4, -0.2) is 32.8 Å². The minimum absolute atomic E-state index is 0.189. The van der Waals surface area contributed by atoms with Gasteiger partial charge in [-0.15, -0.1) is 0 Å². The van der Waals surface area contributed by atoms with Crippen molar-refractivity contribution in [2.24, 2.45) is 7.05 Å². The van der Waals surface area contributed by atoms with Crippen molar-refractivity contribution in [1.82, 2.24) is 14.5 Å². The van der Waals surface area contributed by atoms with E-state index in [0.29, 0.717) is 17.7 Å². The number of carbonyl (C=O) groups excluding carboxylic acids is 2. The third-order valence-electron chi connectivity index (χ3n) is 3.58. The van der Waals surface area contributed by atoms with Crippen molar-refractivity contribution in [2.45, 2.75) is 12.8 Å². The van der Waals surface area contributed by atoms with Crippen LogP contribution in [0.3, 0.4) is 0 Å². The first-order chi connectivity index (χ1) is 9.68. The summed E-state index contributed by atoms with van der Waals surface area (Å²) in [5, 5.41) is 0. The van der Waals surface area contributed by atoms with Crippen LogP contribution >= 0.6 is 0 Å². The Balaban J connectivity index is 1.67. The SMILES string of the molecule is Cn1ccnc1CCCN1C(=O)c2ccccc2C1=O. The molecule has 0 saturated carbocycles. The molecule has 0 radical (unpaired) electrons. The van der Waals surface area contributed by atoms with Crippen molar-refractivity contribution in [3.05, 3.63) is 53.6 Å². The van der Waals surface area contributed by atoms with Gasteiger partial charge in [0.2, 0.25) is 0 Å². The molecule has 5 nitrogen and oxygen atoms in total. The highest BCUT2D eigenvalue weighted by Crippen LogP contribution is 2.22. The second kappa shape index (κ2) is 4.92. The van der Waals surface area contributed by atoms with Crippen molar-refractivity contribution in [3.8, 4) is 0 Å². The molecule has 0 N–H and O–H groups in total. The molecule has 0 saturated heterocycles. The Kier molecular flexibility index (Phi) is 3.10. The molecule has 1 aromatic carbocycles. The van der Waals surface area contributed by atoms with E-state index in [4.69, 9.17) is 0 Å². The standard InChI is InChI=1S/C15H15N3O2/c1-17-10-8-16-13(17)7-4-9-18-14(19)11-5-2-3-6-12(11)15(18)20/h2-3,5-6,8,10H,4,7,9H2,1H3. The van der Waals surface area contributed by atoms with Crippen LogP contribution in [0.4, 0.5) is 0 Å². The van der Waals surface area contributed by atoms with E-state index in [-0.39, 0.29) is 11.8 Å². The summed E-state index contributed by atoms with van der Waals surface area (Å²) in [6, 6.07) is 6.96. The van der Waals surface area contributed by atoms with Gasteiger partial charge in [-0.25, -0.2) is 4.98 Å². The molecule has 1 aliphatic rings. The van der Waals surface area contributed by atoms with Gasteiger partial charge < -0.3 is 4.57 Å².